The van der Waals surface area contributed by atoms with Crippen molar-refractivity contribution < 1.29 is 14.2 Å². The Kier molecular flexibility index (Phi) is 5.57. The van der Waals surface area contributed by atoms with Crippen LogP contribution in [0.4, 0.5) is 5.69 Å². The molecule has 1 fully saturated rings. The summed E-state index contributed by atoms with van der Waals surface area (Å²) < 4.78 is 6.76. The second kappa shape index (κ2) is 7.89. The number of aromatic nitrogens is 3. The molecule has 2 aromatic rings. The lowest BCUT2D eigenvalue weighted by atomic mass is 10.1. The fourth-order valence-electron chi connectivity index (χ4n) is 3.69. The maximum absolute atomic E-state index is 12.7. The molecule has 9 nitrogen and oxygen atoms in total. The third kappa shape index (κ3) is 4.01. The van der Waals surface area contributed by atoms with Crippen molar-refractivity contribution in [2.45, 2.75) is 71.9 Å². The third-order valence-electron chi connectivity index (χ3n) is 5.22. The predicted octanol–water partition coefficient (Wildman–Crippen LogP) is 3.21. The SMILES string of the molecule is Cc1nn(Cc2c(C(=O)NC3CCCCCC3)noc2C)c(C)c1[N+](=O)[O-]. The Labute approximate surface area is 157 Å². The first-order valence-electron chi connectivity index (χ1n) is 9.33. The van der Waals surface area contributed by atoms with Crippen molar-refractivity contribution >= 4 is 11.6 Å². The zero-order chi connectivity index (χ0) is 19.6. The van der Waals surface area contributed by atoms with Gasteiger partial charge in [0.1, 0.15) is 17.1 Å². The summed E-state index contributed by atoms with van der Waals surface area (Å²) in [6.07, 6.45) is 6.59. The Morgan fingerprint density at radius 2 is 1.93 bits per heavy atom. The van der Waals surface area contributed by atoms with Crippen molar-refractivity contribution in [3.8, 4) is 0 Å². The van der Waals surface area contributed by atoms with Crippen LogP contribution in [-0.4, -0.2) is 31.8 Å². The Morgan fingerprint density at radius 3 is 2.52 bits per heavy atom. The molecule has 146 valence electrons. The van der Waals surface area contributed by atoms with Crippen LogP contribution in [0.1, 0.15) is 71.7 Å². The second-order valence-corrected chi connectivity index (χ2v) is 7.16. The van der Waals surface area contributed by atoms with E-state index in [4.69, 9.17) is 4.52 Å². The topological polar surface area (TPSA) is 116 Å². The van der Waals surface area contributed by atoms with Gasteiger partial charge in [-0.05, 0) is 33.6 Å². The molecular weight excluding hydrogens is 350 g/mol. The van der Waals surface area contributed by atoms with Crippen molar-refractivity contribution in [2.24, 2.45) is 0 Å². The molecule has 1 aliphatic rings. The van der Waals surface area contributed by atoms with E-state index in [-0.39, 0.29) is 29.9 Å². The number of carbonyl (C=O) groups excluding carboxylic acids is 1. The van der Waals surface area contributed by atoms with Gasteiger partial charge in [-0.1, -0.05) is 30.8 Å². The number of hydrogen-bond donors (Lipinski definition) is 1. The molecule has 9 heteroatoms. The summed E-state index contributed by atoms with van der Waals surface area (Å²) >= 11 is 0. The van der Waals surface area contributed by atoms with Crippen LogP contribution in [0.15, 0.2) is 4.52 Å². The molecule has 2 aromatic heterocycles. The molecule has 0 atom stereocenters. The van der Waals surface area contributed by atoms with E-state index in [1.54, 1.807) is 20.8 Å². The average Bonchev–Trinajstić information content (AvgIpc) is 2.97. The van der Waals surface area contributed by atoms with E-state index < -0.39 is 4.92 Å². The predicted molar refractivity (Wildman–Crippen MR) is 97.7 cm³/mol. The average molecular weight is 375 g/mol. The molecule has 0 radical (unpaired) electrons. The largest absolute Gasteiger partial charge is 0.361 e. The number of aryl methyl sites for hydroxylation is 2. The van der Waals surface area contributed by atoms with Gasteiger partial charge in [0, 0.05) is 11.6 Å². The Bertz CT molecular complexity index is 846. The summed E-state index contributed by atoms with van der Waals surface area (Å²) in [6.45, 7) is 5.17. The molecule has 0 aliphatic heterocycles. The van der Waals surface area contributed by atoms with Crippen LogP contribution in [0, 0.1) is 30.9 Å². The second-order valence-electron chi connectivity index (χ2n) is 7.16. The highest BCUT2D eigenvalue weighted by Crippen LogP contribution is 2.24. The summed E-state index contributed by atoms with van der Waals surface area (Å²) in [5.74, 6) is 0.251. The lowest BCUT2D eigenvalue weighted by molar-refractivity contribution is -0.386. The number of nitrogens with zero attached hydrogens (tertiary/aromatic N) is 4. The van der Waals surface area contributed by atoms with E-state index in [9.17, 15) is 14.9 Å². The molecule has 1 saturated carbocycles. The van der Waals surface area contributed by atoms with E-state index >= 15 is 0 Å². The first kappa shape index (κ1) is 19.1. The first-order chi connectivity index (χ1) is 12.9. The van der Waals surface area contributed by atoms with Crippen LogP contribution in [0.3, 0.4) is 0 Å². The Morgan fingerprint density at radius 1 is 1.26 bits per heavy atom. The Balaban J connectivity index is 1.81. The van der Waals surface area contributed by atoms with Crippen LogP contribution < -0.4 is 5.32 Å². The number of hydrogen-bond acceptors (Lipinski definition) is 6. The molecule has 0 spiro atoms. The lowest BCUT2D eigenvalue weighted by Gasteiger charge is -2.15. The molecule has 3 rings (SSSR count). The number of carbonyl (C=O) groups is 1. The minimum Gasteiger partial charge on any atom is -0.361 e. The minimum atomic E-state index is -0.436. The van der Waals surface area contributed by atoms with Gasteiger partial charge in [0.05, 0.1) is 11.5 Å². The molecule has 0 bridgehead atoms. The van der Waals surface area contributed by atoms with Crippen molar-refractivity contribution in [1.82, 2.24) is 20.3 Å². The van der Waals surface area contributed by atoms with E-state index in [1.807, 2.05) is 0 Å². The van der Waals surface area contributed by atoms with Gasteiger partial charge in [-0.25, -0.2) is 0 Å². The summed E-state index contributed by atoms with van der Waals surface area (Å²) in [4.78, 5) is 23.5. The van der Waals surface area contributed by atoms with Gasteiger partial charge in [-0.15, -0.1) is 0 Å². The van der Waals surface area contributed by atoms with Crippen LogP contribution >= 0.6 is 0 Å². The Hall–Kier alpha value is -2.71. The molecule has 1 amide bonds. The monoisotopic (exact) mass is 375 g/mol. The van der Waals surface area contributed by atoms with Crippen LogP contribution in [0.2, 0.25) is 0 Å². The highest BCUT2D eigenvalue weighted by Gasteiger charge is 2.26. The fourth-order valence-corrected chi connectivity index (χ4v) is 3.69. The molecular formula is C18H25N5O4. The molecule has 2 heterocycles. The van der Waals surface area contributed by atoms with Gasteiger partial charge in [-0.3, -0.25) is 19.6 Å². The summed E-state index contributed by atoms with van der Waals surface area (Å²) in [5, 5.41) is 22.5. The normalized spacial score (nSPS) is 15.5. The van der Waals surface area contributed by atoms with Crippen molar-refractivity contribution in [2.75, 3.05) is 0 Å². The van der Waals surface area contributed by atoms with Gasteiger partial charge in [0.15, 0.2) is 5.69 Å². The number of rotatable bonds is 5. The maximum Gasteiger partial charge on any atom is 0.312 e. The zero-order valence-electron chi connectivity index (χ0n) is 15.9. The first-order valence-corrected chi connectivity index (χ1v) is 9.33. The van der Waals surface area contributed by atoms with E-state index in [0.717, 1.165) is 25.7 Å². The highest BCUT2D eigenvalue weighted by molar-refractivity contribution is 5.94. The van der Waals surface area contributed by atoms with Crippen LogP contribution in [0.5, 0.6) is 0 Å². The summed E-state index contributed by atoms with van der Waals surface area (Å²) in [5.41, 5.74) is 1.60. The molecule has 0 aromatic carbocycles. The summed E-state index contributed by atoms with van der Waals surface area (Å²) in [7, 11) is 0. The summed E-state index contributed by atoms with van der Waals surface area (Å²) in [6, 6.07) is 0.152. The molecule has 1 N–H and O–H groups in total. The van der Waals surface area contributed by atoms with Crippen molar-refractivity contribution in [3.63, 3.8) is 0 Å². The van der Waals surface area contributed by atoms with Gasteiger partial charge >= 0.3 is 5.69 Å². The molecule has 0 saturated heterocycles. The minimum absolute atomic E-state index is 0.00596. The quantitative estimate of drug-likeness (QED) is 0.487. The van der Waals surface area contributed by atoms with Crippen LogP contribution in [0.25, 0.3) is 0 Å². The lowest BCUT2D eigenvalue weighted by Crippen LogP contribution is -2.35. The van der Waals surface area contributed by atoms with Gasteiger partial charge < -0.3 is 9.84 Å². The molecule has 1 aliphatic carbocycles. The number of nitrogens with one attached hydrogen (secondary N) is 1. The van der Waals surface area contributed by atoms with Crippen LogP contribution in [-0.2, 0) is 6.54 Å². The van der Waals surface area contributed by atoms with Crippen molar-refractivity contribution in [1.29, 1.82) is 0 Å². The van der Waals surface area contributed by atoms with E-state index in [0.29, 0.717) is 22.7 Å². The highest BCUT2D eigenvalue weighted by atomic mass is 16.6. The third-order valence-corrected chi connectivity index (χ3v) is 5.22. The van der Waals surface area contributed by atoms with E-state index in [2.05, 4.69) is 15.6 Å². The maximum atomic E-state index is 12.7. The fraction of sp³-hybridized carbons (Fsp3) is 0.611. The van der Waals surface area contributed by atoms with Gasteiger partial charge in [-0.2, -0.15) is 5.10 Å². The standard InChI is InChI=1S/C18H25N5O4/c1-11-17(23(25)26)12(2)22(20-11)10-15-13(3)27-21-16(15)18(24)19-14-8-6-4-5-7-9-14/h14H,4-10H2,1-3H3,(H,19,24). The van der Waals surface area contributed by atoms with E-state index in [1.165, 1.54) is 17.5 Å². The number of nitro groups is 1. The van der Waals surface area contributed by atoms with Crippen molar-refractivity contribution in [3.05, 3.63) is 38.5 Å². The smallest absolute Gasteiger partial charge is 0.312 e. The van der Waals surface area contributed by atoms with Gasteiger partial charge in [0.2, 0.25) is 0 Å². The number of amides is 1. The zero-order valence-corrected chi connectivity index (χ0v) is 15.9. The molecule has 27 heavy (non-hydrogen) atoms. The molecule has 0 unspecified atom stereocenters. The van der Waals surface area contributed by atoms with Gasteiger partial charge in [0.25, 0.3) is 5.91 Å².